The number of aliphatic carboxylic acids is 1. The van der Waals surface area contributed by atoms with Crippen LogP contribution in [0.3, 0.4) is 0 Å². The molecule has 0 saturated heterocycles. The quantitative estimate of drug-likeness (QED) is 0.302. The van der Waals surface area contributed by atoms with Gasteiger partial charge in [-0.05, 0) is 19.4 Å². The third-order valence-electron chi connectivity index (χ3n) is 4.21. The van der Waals surface area contributed by atoms with E-state index < -0.39 is 5.97 Å². The fourth-order valence-electron chi connectivity index (χ4n) is 2.76. The van der Waals surface area contributed by atoms with E-state index in [0.717, 1.165) is 13.0 Å². The molecule has 0 amide bonds. The average Bonchev–Trinajstić information content (AvgIpc) is 2.50. The molecule has 0 saturated carbocycles. The normalized spacial score (nSPS) is 10.5. The summed E-state index contributed by atoms with van der Waals surface area (Å²) in [5, 5.41) is 13.3. The number of nitrogens with one attached hydrogen (secondary N) is 1. The molecule has 23 heavy (non-hydrogen) atoms. The summed E-state index contributed by atoms with van der Waals surface area (Å²) in [6, 6.07) is 0. The van der Waals surface area contributed by atoms with Gasteiger partial charge in [-0.15, -0.1) is 0 Å². The predicted octanol–water partition coefficient (Wildman–Crippen LogP) is 1.20. The van der Waals surface area contributed by atoms with Crippen molar-refractivity contribution in [1.29, 1.82) is 0 Å². The van der Waals surface area contributed by atoms with Gasteiger partial charge in [0.2, 0.25) is 0 Å². The molecule has 0 atom stereocenters. The number of carboxylic acid groups (broad SMARTS) is 1. The zero-order chi connectivity index (χ0) is 16.3. The van der Waals surface area contributed by atoms with Crippen LogP contribution < -0.4 is 40.0 Å². The van der Waals surface area contributed by atoms with Gasteiger partial charge in [0.25, 0.3) is 0 Å². The Morgan fingerprint density at radius 1 is 0.696 bits per heavy atom. The first-order valence-electron chi connectivity index (χ1n) is 9.68. The van der Waals surface area contributed by atoms with E-state index in [0.29, 0.717) is 6.54 Å². The third kappa shape index (κ3) is 24.8. The van der Waals surface area contributed by atoms with Crippen molar-refractivity contribution < 1.29 is 39.5 Å². The van der Waals surface area contributed by atoms with Gasteiger partial charge in [-0.1, -0.05) is 90.4 Å². The second-order valence-corrected chi connectivity index (χ2v) is 6.47. The summed E-state index contributed by atoms with van der Waals surface area (Å²) >= 11 is 0. The van der Waals surface area contributed by atoms with Crippen LogP contribution in [0.4, 0.5) is 0 Å². The summed E-state index contributed by atoms with van der Waals surface area (Å²) in [4.78, 5) is 10.2. The van der Waals surface area contributed by atoms with E-state index in [1.165, 1.54) is 83.5 Å². The summed E-state index contributed by atoms with van der Waals surface area (Å²) in [6.45, 7) is 3.75. The molecular weight excluding hydrogens is 297 g/mol. The molecule has 0 unspecified atom stereocenters. The van der Waals surface area contributed by atoms with Gasteiger partial charge >= 0.3 is 29.6 Å². The number of rotatable bonds is 18. The van der Waals surface area contributed by atoms with Crippen molar-refractivity contribution in [2.45, 2.75) is 103 Å². The molecule has 0 aliphatic carbocycles. The van der Waals surface area contributed by atoms with Crippen LogP contribution in [0.2, 0.25) is 0 Å². The Morgan fingerprint density at radius 3 is 1.48 bits per heavy atom. The molecule has 0 bridgehead atoms. The Hall–Kier alpha value is 0.430. The maximum absolute atomic E-state index is 10.2. The first-order valence-corrected chi connectivity index (χ1v) is 9.68. The minimum Gasteiger partial charge on any atom is -0.550 e. The Bertz CT molecular complexity index is 237. The molecule has 0 aromatic heterocycles. The summed E-state index contributed by atoms with van der Waals surface area (Å²) in [7, 11) is 0. The summed E-state index contributed by atoms with van der Waals surface area (Å²) in [6.07, 6.45) is 19.3. The second-order valence-electron chi connectivity index (χ2n) is 6.47. The Kier molecular flexibility index (Phi) is 25.0. The largest absolute Gasteiger partial charge is 1.00 e. The van der Waals surface area contributed by atoms with Gasteiger partial charge in [-0.25, -0.2) is 0 Å². The van der Waals surface area contributed by atoms with Gasteiger partial charge < -0.3 is 15.2 Å². The number of hydrogen-bond acceptors (Lipinski definition) is 3. The molecule has 0 aromatic carbocycles. The SMILES string of the molecule is CCCCCCCCCCCCCCCCNCCC(=O)[O-].[Na+]. The molecular formula is C19H38NNaO2. The van der Waals surface area contributed by atoms with Crippen LogP contribution >= 0.6 is 0 Å². The van der Waals surface area contributed by atoms with Crippen LogP contribution in [0.15, 0.2) is 0 Å². The Balaban J connectivity index is 0. The van der Waals surface area contributed by atoms with Crippen molar-refractivity contribution >= 4 is 5.97 Å². The third-order valence-corrected chi connectivity index (χ3v) is 4.21. The monoisotopic (exact) mass is 335 g/mol. The van der Waals surface area contributed by atoms with Crippen molar-refractivity contribution in [1.82, 2.24) is 5.32 Å². The number of hydrogen-bond donors (Lipinski definition) is 1. The smallest absolute Gasteiger partial charge is 0.550 e. The van der Waals surface area contributed by atoms with Crippen molar-refractivity contribution in [3.8, 4) is 0 Å². The van der Waals surface area contributed by atoms with E-state index in [9.17, 15) is 9.90 Å². The molecule has 1 N–H and O–H groups in total. The Morgan fingerprint density at radius 2 is 1.09 bits per heavy atom. The van der Waals surface area contributed by atoms with E-state index in [1.807, 2.05) is 0 Å². The summed E-state index contributed by atoms with van der Waals surface area (Å²) in [5.41, 5.74) is 0. The van der Waals surface area contributed by atoms with E-state index in [1.54, 1.807) is 0 Å². The van der Waals surface area contributed by atoms with Crippen molar-refractivity contribution in [3.63, 3.8) is 0 Å². The van der Waals surface area contributed by atoms with Crippen LogP contribution in [0, 0.1) is 0 Å². The van der Waals surface area contributed by atoms with E-state index in [4.69, 9.17) is 0 Å². The van der Waals surface area contributed by atoms with E-state index in [-0.39, 0.29) is 36.0 Å². The van der Waals surface area contributed by atoms with Gasteiger partial charge in [0, 0.05) is 12.5 Å². The maximum Gasteiger partial charge on any atom is 1.00 e. The average molecular weight is 336 g/mol. The van der Waals surface area contributed by atoms with Crippen LogP contribution in [0.25, 0.3) is 0 Å². The number of unbranched alkanes of at least 4 members (excludes halogenated alkanes) is 13. The fraction of sp³-hybridized carbons (Fsp3) is 0.947. The zero-order valence-electron chi connectivity index (χ0n) is 15.8. The van der Waals surface area contributed by atoms with Gasteiger partial charge in [-0.3, -0.25) is 0 Å². The van der Waals surface area contributed by atoms with E-state index in [2.05, 4.69) is 12.2 Å². The summed E-state index contributed by atoms with van der Waals surface area (Å²) < 4.78 is 0. The number of carbonyl (C=O) groups excluding carboxylic acids is 1. The number of carboxylic acids is 1. The minimum absolute atomic E-state index is 0. The molecule has 0 heterocycles. The molecule has 0 radical (unpaired) electrons. The molecule has 0 spiro atoms. The van der Waals surface area contributed by atoms with Crippen LogP contribution in [-0.4, -0.2) is 19.1 Å². The molecule has 132 valence electrons. The molecule has 4 heteroatoms. The summed E-state index contributed by atoms with van der Waals surface area (Å²) in [5.74, 6) is -0.964. The second kappa shape index (κ2) is 22.4. The van der Waals surface area contributed by atoms with Crippen molar-refractivity contribution in [3.05, 3.63) is 0 Å². The topological polar surface area (TPSA) is 52.2 Å². The standard InChI is InChI=1S/C19H39NO2.Na/c1-2-3-4-5-6-7-8-9-10-11-12-13-14-15-17-20-18-16-19(21)22;/h20H,2-18H2,1H3,(H,21,22);/q;+1/p-1. The van der Waals surface area contributed by atoms with Gasteiger partial charge in [-0.2, -0.15) is 0 Å². The maximum atomic E-state index is 10.2. The zero-order valence-corrected chi connectivity index (χ0v) is 17.8. The van der Waals surface area contributed by atoms with Crippen LogP contribution in [0.5, 0.6) is 0 Å². The molecule has 0 fully saturated rings. The van der Waals surface area contributed by atoms with Crippen LogP contribution in [-0.2, 0) is 4.79 Å². The molecule has 0 aliphatic heterocycles. The van der Waals surface area contributed by atoms with Crippen LogP contribution in [0.1, 0.15) is 103 Å². The first kappa shape index (κ1) is 25.7. The van der Waals surface area contributed by atoms with Crippen molar-refractivity contribution in [2.24, 2.45) is 0 Å². The fourth-order valence-corrected chi connectivity index (χ4v) is 2.76. The predicted molar refractivity (Wildman–Crippen MR) is 92.8 cm³/mol. The van der Waals surface area contributed by atoms with Crippen molar-refractivity contribution in [2.75, 3.05) is 13.1 Å². The Labute approximate surface area is 166 Å². The molecule has 0 aliphatic rings. The minimum atomic E-state index is -0.964. The molecule has 0 rings (SSSR count). The molecule has 0 aromatic rings. The molecule has 3 nitrogen and oxygen atoms in total. The number of carbonyl (C=O) groups is 1. The van der Waals surface area contributed by atoms with E-state index >= 15 is 0 Å². The van der Waals surface area contributed by atoms with Gasteiger partial charge in [0.15, 0.2) is 0 Å². The van der Waals surface area contributed by atoms with Gasteiger partial charge in [0.1, 0.15) is 0 Å². The van der Waals surface area contributed by atoms with Gasteiger partial charge in [0.05, 0.1) is 0 Å². The first-order chi connectivity index (χ1) is 10.8.